The molecule has 27 heavy (non-hydrogen) atoms. The first-order chi connectivity index (χ1) is 13.1. The van der Waals surface area contributed by atoms with Crippen molar-refractivity contribution >= 4 is 5.96 Å². The van der Waals surface area contributed by atoms with Crippen molar-refractivity contribution in [2.75, 3.05) is 59.4 Å². The van der Waals surface area contributed by atoms with Crippen LogP contribution in [-0.4, -0.2) is 75.2 Å². The van der Waals surface area contributed by atoms with Crippen LogP contribution in [0, 0.1) is 0 Å². The number of guanidine groups is 1. The number of rotatable bonds is 9. The van der Waals surface area contributed by atoms with E-state index in [0.29, 0.717) is 5.92 Å². The number of nitrogens with one attached hydrogen (secondary N) is 2. The zero-order chi connectivity index (χ0) is 19.5. The van der Waals surface area contributed by atoms with Crippen LogP contribution in [0.5, 0.6) is 0 Å². The van der Waals surface area contributed by atoms with Crippen molar-refractivity contribution < 1.29 is 0 Å². The predicted molar refractivity (Wildman–Crippen MR) is 117 cm³/mol. The van der Waals surface area contributed by atoms with Gasteiger partial charge in [0.2, 0.25) is 0 Å². The molecule has 0 unspecified atom stereocenters. The molecule has 5 heteroatoms. The van der Waals surface area contributed by atoms with Gasteiger partial charge in [0.25, 0.3) is 0 Å². The molecule has 152 valence electrons. The third kappa shape index (κ3) is 7.89. The first-order valence-electron chi connectivity index (χ1n) is 10.6. The van der Waals surface area contributed by atoms with Crippen LogP contribution < -0.4 is 10.6 Å². The van der Waals surface area contributed by atoms with E-state index in [4.69, 9.17) is 0 Å². The Kier molecular flexibility index (Phi) is 9.64. The summed E-state index contributed by atoms with van der Waals surface area (Å²) in [5, 5.41) is 6.88. The molecule has 0 aromatic heterocycles. The van der Waals surface area contributed by atoms with Crippen LogP contribution in [0.1, 0.15) is 44.2 Å². The number of hydrogen-bond acceptors (Lipinski definition) is 3. The molecule has 0 aliphatic carbocycles. The lowest BCUT2D eigenvalue weighted by Gasteiger charge is -2.34. The van der Waals surface area contributed by atoms with E-state index in [0.717, 1.165) is 38.4 Å². The standard InChI is InChI=1S/C22H39N5/c1-5-26-15-17-27(18-16-26)14-13-25-22(23-4)24-12-6-7-20-8-10-21(11-9-20)19(2)3/h8-11,19H,5-7,12-18H2,1-4H3,(H2,23,24,25). The molecular formula is C22H39N5. The summed E-state index contributed by atoms with van der Waals surface area (Å²) in [6.07, 6.45) is 2.21. The highest BCUT2D eigenvalue weighted by molar-refractivity contribution is 5.79. The van der Waals surface area contributed by atoms with Gasteiger partial charge in [-0.05, 0) is 36.4 Å². The minimum Gasteiger partial charge on any atom is -0.356 e. The number of likely N-dealkylation sites (N-methyl/N-ethyl adjacent to an activating group) is 1. The van der Waals surface area contributed by atoms with Gasteiger partial charge in [-0.25, -0.2) is 0 Å². The van der Waals surface area contributed by atoms with Gasteiger partial charge in [0, 0.05) is 52.9 Å². The number of hydrogen-bond donors (Lipinski definition) is 2. The molecule has 1 aromatic rings. The number of aryl methyl sites for hydroxylation is 1. The normalized spacial score (nSPS) is 16.7. The van der Waals surface area contributed by atoms with Crippen molar-refractivity contribution in [3.8, 4) is 0 Å². The lowest BCUT2D eigenvalue weighted by molar-refractivity contribution is 0.139. The maximum atomic E-state index is 4.34. The average Bonchev–Trinajstić information content (AvgIpc) is 2.70. The Morgan fingerprint density at radius 2 is 1.63 bits per heavy atom. The van der Waals surface area contributed by atoms with Crippen molar-refractivity contribution in [1.29, 1.82) is 0 Å². The molecule has 0 saturated carbocycles. The maximum absolute atomic E-state index is 4.34. The second kappa shape index (κ2) is 12.0. The monoisotopic (exact) mass is 373 g/mol. The van der Waals surface area contributed by atoms with Crippen molar-refractivity contribution in [3.63, 3.8) is 0 Å². The van der Waals surface area contributed by atoms with Gasteiger partial charge in [0.15, 0.2) is 5.96 Å². The van der Waals surface area contributed by atoms with Gasteiger partial charge < -0.3 is 15.5 Å². The first kappa shape index (κ1) is 21.7. The van der Waals surface area contributed by atoms with Crippen molar-refractivity contribution in [2.24, 2.45) is 4.99 Å². The van der Waals surface area contributed by atoms with Gasteiger partial charge in [-0.2, -0.15) is 0 Å². The highest BCUT2D eigenvalue weighted by atomic mass is 15.3. The molecular weight excluding hydrogens is 334 g/mol. The van der Waals surface area contributed by atoms with Gasteiger partial charge in [0.1, 0.15) is 0 Å². The van der Waals surface area contributed by atoms with Crippen LogP contribution in [0.25, 0.3) is 0 Å². The quantitative estimate of drug-likeness (QED) is 0.397. The molecule has 0 amide bonds. The number of nitrogens with zero attached hydrogens (tertiary/aromatic N) is 3. The van der Waals surface area contributed by atoms with E-state index in [-0.39, 0.29) is 0 Å². The van der Waals surface area contributed by atoms with E-state index in [1.54, 1.807) is 0 Å². The third-order valence-electron chi connectivity index (χ3n) is 5.44. The number of piperazine rings is 1. The Labute approximate surface area is 166 Å². The Hall–Kier alpha value is -1.59. The highest BCUT2D eigenvalue weighted by Gasteiger charge is 2.14. The summed E-state index contributed by atoms with van der Waals surface area (Å²) >= 11 is 0. The molecule has 2 N–H and O–H groups in total. The summed E-state index contributed by atoms with van der Waals surface area (Å²) in [5.41, 5.74) is 2.83. The second-order valence-corrected chi connectivity index (χ2v) is 7.70. The number of benzene rings is 1. The Bertz CT molecular complexity index is 544. The van der Waals surface area contributed by atoms with E-state index in [1.807, 2.05) is 7.05 Å². The molecule has 1 fully saturated rings. The fraction of sp³-hybridized carbons (Fsp3) is 0.682. The second-order valence-electron chi connectivity index (χ2n) is 7.70. The van der Waals surface area contributed by atoms with E-state index >= 15 is 0 Å². The molecule has 5 nitrogen and oxygen atoms in total. The molecule has 1 aromatic carbocycles. The van der Waals surface area contributed by atoms with Gasteiger partial charge in [0.05, 0.1) is 0 Å². The lowest BCUT2D eigenvalue weighted by atomic mass is 10.0. The SMILES string of the molecule is CCN1CCN(CCNC(=NC)NCCCc2ccc(C(C)C)cc2)CC1. The zero-order valence-electron chi connectivity index (χ0n) is 17.8. The van der Waals surface area contributed by atoms with E-state index in [9.17, 15) is 0 Å². The van der Waals surface area contributed by atoms with Gasteiger partial charge in [-0.15, -0.1) is 0 Å². The molecule has 1 heterocycles. The minimum atomic E-state index is 0.602. The fourth-order valence-electron chi connectivity index (χ4n) is 3.45. The molecule has 0 radical (unpaired) electrons. The van der Waals surface area contributed by atoms with Crippen molar-refractivity contribution in [2.45, 2.75) is 39.5 Å². The van der Waals surface area contributed by atoms with E-state index < -0.39 is 0 Å². The summed E-state index contributed by atoms with van der Waals surface area (Å²) in [4.78, 5) is 9.39. The van der Waals surface area contributed by atoms with Crippen LogP contribution in [0.3, 0.4) is 0 Å². The van der Waals surface area contributed by atoms with Crippen LogP contribution >= 0.6 is 0 Å². The summed E-state index contributed by atoms with van der Waals surface area (Å²) < 4.78 is 0. The van der Waals surface area contributed by atoms with Crippen molar-refractivity contribution in [1.82, 2.24) is 20.4 Å². The minimum absolute atomic E-state index is 0.602. The van der Waals surface area contributed by atoms with Gasteiger partial charge in [-0.1, -0.05) is 45.0 Å². The van der Waals surface area contributed by atoms with E-state index in [1.165, 1.54) is 43.9 Å². The van der Waals surface area contributed by atoms with Gasteiger partial charge >= 0.3 is 0 Å². The Morgan fingerprint density at radius 1 is 1.00 bits per heavy atom. The molecule has 1 saturated heterocycles. The highest BCUT2D eigenvalue weighted by Crippen LogP contribution is 2.15. The summed E-state index contributed by atoms with van der Waals surface area (Å²) in [7, 11) is 1.85. The molecule has 2 rings (SSSR count). The molecule has 0 bridgehead atoms. The molecule has 1 aliphatic heterocycles. The topological polar surface area (TPSA) is 42.9 Å². The zero-order valence-corrected chi connectivity index (χ0v) is 17.8. The van der Waals surface area contributed by atoms with Crippen LogP contribution in [0.4, 0.5) is 0 Å². The fourth-order valence-corrected chi connectivity index (χ4v) is 3.45. The van der Waals surface area contributed by atoms with Crippen LogP contribution in [-0.2, 0) is 6.42 Å². The first-order valence-corrected chi connectivity index (χ1v) is 10.6. The number of aliphatic imine (C=N–C) groups is 1. The smallest absolute Gasteiger partial charge is 0.191 e. The lowest BCUT2D eigenvalue weighted by Crippen LogP contribution is -2.49. The maximum Gasteiger partial charge on any atom is 0.191 e. The van der Waals surface area contributed by atoms with Crippen molar-refractivity contribution in [3.05, 3.63) is 35.4 Å². The average molecular weight is 374 g/mol. The van der Waals surface area contributed by atoms with Crippen LogP contribution in [0.2, 0.25) is 0 Å². The summed E-state index contributed by atoms with van der Waals surface area (Å²) in [6, 6.07) is 9.05. The summed E-state index contributed by atoms with van der Waals surface area (Å²) in [5.74, 6) is 1.52. The summed E-state index contributed by atoms with van der Waals surface area (Å²) in [6.45, 7) is 15.6. The van der Waals surface area contributed by atoms with E-state index in [2.05, 4.69) is 70.5 Å². The Balaban J connectivity index is 1.57. The largest absolute Gasteiger partial charge is 0.356 e. The predicted octanol–water partition coefficient (Wildman–Crippen LogP) is 2.55. The third-order valence-corrected chi connectivity index (χ3v) is 5.44. The van der Waals surface area contributed by atoms with Gasteiger partial charge in [-0.3, -0.25) is 9.89 Å². The molecule has 0 spiro atoms. The Morgan fingerprint density at radius 3 is 2.22 bits per heavy atom. The molecule has 1 aliphatic rings. The molecule has 0 atom stereocenters. The van der Waals surface area contributed by atoms with Crippen LogP contribution in [0.15, 0.2) is 29.3 Å².